The van der Waals surface area contributed by atoms with Gasteiger partial charge in [0.2, 0.25) is 0 Å². The van der Waals surface area contributed by atoms with Gasteiger partial charge in [-0.1, -0.05) is 32.0 Å². The van der Waals surface area contributed by atoms with E-state index in [4.69, 9.17) is 5.73 Å². The lowest BCUT2D eigenvalue weighted by molar-refractivity contribution is -0.107. The van der Waals surface area contributed by atoms with Gasteiger partial charge in [-0.25, -0.2) is 0 Å². The molecule has 1 aromatic rings. The van der Waals surface area contributed by atoms with Crippen molar-refractivity contribution < 1.29 is 4.79 Å². The lowest BCUT2D eigenvalue weighted by atomic mass is 9.96. The molecule has 0 aliphatic carbocycles. The summed E-state index contributed by atoms with van der Waals surface area (Å²) >= 11 is 0. The van der Waals surface area contributed by atoms with Crippen LogP contribution in [-0.2, 0) is 24.2 Å². The highest BCUT2D eigenvalue weighted by molar-refractivity contribution is 5.50. The lowest BCUT2D eigenvalue weighted by Crippen LogP contribution is -2.04. The molecule has 2 nitrogen and oxygen atoms in total. The SMILES string of the molecule is CC(C)Cc1ccc(CCC=O)c(CN)c1. The Morgan fingerprint density at radius 2 is 2.06 bits per heavy atom. The van der Waals surface area contributed by atoms with Crippen molar-refractivity contribution in [1.29, 1.82) is 0 Å². The van der Waals surface area contributed by atoms with Gasteiger partial charge in [-0.2, -0.15) is 0 Å². The van der Waals surface area contributed by atoms with Gasteiger partial charge in [0.1, 0.15) is 6.29 Å². The number of hydrogen-bond donors (Lipinski definition) is 1. The summed E-state index contributed by atoms with van der Waals surface area (Å²) in [5, 5.41) is 0. The molecule has 0 aliphatic rings. The third-order valence-corrected chi connectivity index (χ3v) is 2.67. The molecule has 0 atom stereocenters. The summed E-state index contributed by atoms with van der Waals surface area (Å²) in [5.74, 6) is 0.659. The van der Waals surface area contributed by atoms with Crippen molar-refractivity contribution >= 4 is 6.29 Å². The first-order valence-electron chi connectivity index (χ1n) is 5.91. The summed E-state index contributed by atoms with van der Waals surface area (Å²) in [6.07, 6.45) is 3.43. The first kappa shape index (κ1) is 12.9. The summed E-state index contributed by atoms with van der Waals surface area (Å²) in [4.78, 5) is 10.4. The Morgan fingerprint density at radius 1 is 1.31 bits per heavy atom. The van der Waals surface area contributed by atoms with E-state index < -0.39 is 0 Å². The van der Waals surface area contributed by atoms with Gasteiger partial charge in [-0.05, 0) is 35.4 Å². The quantitative estimate of drug-likeness (QED) is 0.747. The predicted octanol–water partition coefficient (Wildman–Crippen LogP) is 2.48. The predicted molar refractivity (Wildman–Crippen MR) is 67.3 cm³/mol. The molecular weight excluding hydrogens is 198 g/mol. The summed E-state index contributed by atoms with van der Waals surface area (Å²) in [6.45, 7) is 4.98. The Kier molecular flexibility index (Phi) is 5.20. The Bertz CT molecular complexity index is 345. The zero-order valence-corrected chi connectivity index (χ0v) is 10.2. The molecule has 0 fully saturated rings. The number of benzene rings is 1. The monoisotopic (exact) mass is 219 g/mol. The average molecular weight is 219 g/mol. The molecule has 0 bridgehead atoms. The highest BCUT2D eigenvalue weighted by atomic mass is 16.1. The standard InChI is InChI=1S/C14H21NO/c1-11(2)8-12-5-6-13(4-3-7-16)14(9-12)10-15/h5-7,9,11H,3-4,8,10,15H2,1-2H3. The van der Waals surface area contributed by atoms with E-state index in [-0.39, 0.29) is 0 Å². The Hall–Kier alpha value is -1.15. The second-order valence-electron chi connectivity index (χ2n) is 4.61. The fraction of sp³-hybridized carbons (Fsp3) is 0.500. The molecule has 2 N–H and O–H groups in total. The van der Waals surface area contributed by atoms with Crippen LogP contribution in [0.15, 0.2) is 18.2 Å². The minimum absolute atomic E-state index is 0.556. The first-order chi connectivity index (χ1) is 7.67. The minimum Gasteiger partial charge on any atom is -0.326 e. The van der Waals surface area contributed by atoms with Crippen LogP contribution in [0.3, 0.4) is 0 Å². The van der Waals surface area contributed by atoms with E-state index in [1.54, 1.807) is 0 Å². The molecule has 0 saturated carbocycles. The van der Waals surface area contributed by atoms with E-state index in [0.717, 1.165) is 19.1 Å². The summed E-state index contributed by atoms with van der Waals surface area (Å²) < 4.78 is 0. The zero-order valence-electron chi connectivity index (χ0n) is 10.2. The average Bonchev–Trinajstić information content (AvgIpc) is 2.26. The van der Waals surface area contributed by atoms with Crippen molar-refractivity contribution in [3.63, 3.8) is 0 Å². The number of aryl methyl sites for hydroxylation is 1. The van der Waals surface area contributed by atoms with E-state index in [2.05, 4.69) is 32.0 Å². The van der Waals surface area contributed by atoms with Gasteiger partial charge in [0.05, 0.1) is 0 Å². The molecule has 0 unspecified atom stereocenters. The molecular formula is C14H21NO. The maximum Gasteiger partial charge on any atom is 0.120 e. The van der Waals surface area contributed by atoms with E-state index in [1.807, 2.05) is 0 Å². The van der Waals surface area contributed by atoms with Crippen molar-refractivity contribution in [2.24, 2.45) is 11.7 Å². The summed E-state index contributed by atoms with van der Waals surface area (Å²) in [6, 6.07) is 6.45. The Labute approximate surface area is 97.9 Å². The smallest absolute Gasteiger partial charge is 0.120 e. The van der Waals surface area contributed by atoms with E-state index in [9.17, 15) is 4.79 Å². The highest BCUT2D eigenvalue weighted by Gasteiger charge is 2.04. The molecule has 0 heterocycles. The van der Waals surface area contributed by atoms with Crippen LogP contribution in [0.5, 0.6) is 0 Å². The molecule has 1 rings (SSSR count). The number of aldehydes is 1. The second kappa shape index (κ2) is 6.44. The lowest BCUT2D eigenvalue weighted by Gasteiger charge is -2.11. The maximum absolute atomic E-state index is 10.4. The van der Waals surface area contributed by atoms with Crippen LogP contribution in [-0.4, -0.2) is 6.29 Å². The second-order valence-corrected chi connectivity index (χ2v) is 4.61. The summed E-state index contributed by atoms with van der Waals surface area (Å²) in [5.41, 5.74) is 9.46. The molecule has 16 heavy (non-hydrogen) atoms. The third-order valence-electron chi connectivity index (χ3n) is 2.67. The van der Waals surface area contributed by atoms with Crippen molar-refractivity contribution in [2.45, 2.75) is 39.7 Å². The Balaban J connectivity index is 2.83. The fourth-order valence-corrected chi connectivity index (χ4v) is 1.93. The van der Waals surface area contributed by atoms with E-state index >= 15 is 0 Å². The van der Waals surface area contributed by atoms with Crippen LogP contribution in [0.25, 0.3) is 0 Å². The van der Waals surface area contributed by atoms with E-state index in [1.165, 1.54) is 16.7 Å². The van der Waals surface area contributed by atoms with Crippen LogP contribution in [0, 0.1) is 5.92 Å². The zero-order chi connectivity index (χ0) is 12.0. The third kappa shape index (κ3) is 3.78. The number of carbonyl (C=O) groups is 1. The largest absolute Gasteiger partial charge is 0.326 e. The number of hydrogen-bond acceptors (Lipinski definition) is 2. The number of nitrogens with two attached hydrogens (primary N) is 1. The van der Waals surface area contributed by atoms with Crippen molar-refractivity contribution in [1.82, 2.24) is 0 Å². The van der Waals surface area contributed by atoms with Crippen LogP contribution in [0.4, 0.5) is 0 Å². The molecule has 0 spiro atoms. The first-order valence-corrected chi connectivity index (χ1v) is 5.91. The van der Waals surface area contributed by atoms with Gasteiger partial charge in [-0.15, -0.1) is 0 Å². The minimum atomic E-state index is 0.556. The Morgan fingerprint density at radius 3 is 2.62 bits per heavy atom. The molecule has 0 amide bonds. The van der Waals surface area contributed by atoms with E-state index in [0.29, 0.717) is 18.9 Å². The maximum atomic E-state index is 10.4. The van der Waals surface area contributed by atoms with Crippen LogP contribution < -0.4 is 5.73 Å². The van der Waals surface area contributed by atoms with Crippen molar-refractivity contribution in [3.8, 4) is 0 Å². The van der Waals surface area contributed by atoms with Crippen LogP contribution in [0.2, 0.25) is 0 Å². The molecule has 0 aromatic heterocycles. The molecule has 0 saturated heterocycles. The highest BCUT2D eigenvalue weighted by Crippen LogP contribution is 2.16. The van der Waals surface area contributed by atoms with Crippen molar-refractivity contribution in [3.05, 3.63) is 34.9 Å². The summed E-state index contributed by atoms with van der Waals surface area (Å²) in [7, 11) is 0. The van der Waals surface area contributed by atoms with Crippen LogP contribution in [0.1, 0.15) is 37.0 Å². The van der Waals surface area contributed by atoms with Gasteiger partial charge in [0.25, 0.3) is 0 Å². The van der Waals surface area contributed by atoms with Gasteiger partial charge >= 0.3 is 0 Å². The van der Waals surface area contributed by atoms with Gasteiger partial charge in [0, 0.05) is 13.0 Å². The van der Waals surface area contributed by atoms with Gasteiger partial charge < -0.3 is 10.5 Å². The molecule has 0 aliphatic heterocycles. The topological polar surface area (TPSA) is 43.1 Å². The van der Waals surface area contributed by atoms with Crippen LogP contribution >= 0.6 is 0 Å². The number of carbonyl (C=O) groups excluding carboxylic acids is 1. The molecule has 2 heteroatoms. The molecule has 1 aromatic carbocycles. The number of rotatable bonds is 6. The van der Waals surface area contributed by atoms with Gasteiger partial charge in [-0.3, -0.25) is 0 Å². The fourth-order valence-electron chi connectivity index (χ4n) is 1.93. The van der Waals surface area contributed by atoms with Crippen molar-refractivity contribution in [2.75, 3.05) is 0 Å². The van der Waals surface area contributed by atoms with Gasteiger partial charge in [0.15, 0.2) is 0 Å². The molecule has 0 radical (unpaired) electrons. The molecule has 88 valence electrons. The normalized spacial score (nSPS) is 10.8.